The minimum atomic E-state index is -0.466. The highest BCUT2D eigenvalue weighted by molar-refractivity contribution is 14.0. The summed E-state index contributed by atoms with van der Waals surface area (Å²) in [7, 11) is 1.69. The van der Waals surface area contributed by atoms with Gasteiger partial charge in [-0.3, -0.25) is 4.99 Å². The number of aliphatic imine (C=N–C) groups is 1. The third-order valence-corrected chi connectivity index (χ3v) is 2.43. The predicted octanol–water partition coefficient (Wildman–Crippen LogP) is 2.11. The zero-order valence-corrected chi connectivity index (χ0v) is 17.4. The summed E-state index contributed by atoms with van der Waals surface area (Å²) >= 11 is 0. The number of hydrogen-bond donors (Lipinski definition) is 3. The monoisotopic (exact) mass is 444 g/mol. The van der Waals surface area contributed by atoms with Crippen LogP contribution in [0.4, 0.5) is 4.79 Å². The van der Waals surface area contributed by atoms with Crippen molar-refractivity contribution in [2.75, 3.05) is 39.9 Å². The van der Waals surface area contributed by atoms with Gasteiger partial charge in [0.25, 0.3) is 0 Å². The van der Waals surface area contributed by atoms with E-state index >= 15 is 0 Å². The van der Waals surface area contributed by atoms with Crippen molar-refractivity contribution in [1.82, 2.24) is 16.0 Å². The molecule has 7 nitrogen and oxygen atoms in total. The van der Waals surface area contributed by atoms with E-state index < -0.39 is 5.60 Å². The van der Waals surface area contributed by atoms with Gasteiger partial charge < -0.3 is 25.4 Å². The Morgan fingerprint density at radius 2 is 1.74 bits per heavy atom. The fourth-order valence-corrected chi connectivity index (χ4v) is 1.54. The number of amides is 1. The van der Waals surface area contributed by atoms with E-state index in [0.29, 0.717) is 13.1 Å². The summed E-state index contributed by atoms with van der Waals surface area (Å²) in [5.74, 6) is 0.788. The standard InChI is InChI=1S/C15H32N4O3.HI/c1-6-16-13(18-11-8-12-21-5)17-9-7-10-19-14(20)22-15(2,3)4;/h6-12H2,1-5H3,(H,19,20)(H2,16,17,18);1H. The van der Waals surface area contributed by atoms with Crippen molar-refractivity contribution in [3.05, 3.63) is 0 Å². The maximum absolute atomic E-state index is 11.5. The van der Waals surface area contributed by atoms with Crippen molar-refractivity contribution < 1.29 is 14.3 Å². The Balaban J connectivity index is 0. The van der Waals surface area contributed by atoms with Crippen LogP contribution in [0.1, 0.15) is 40.5 Å². The van der Waals surface area contributed by atoms with E-state index in [-0.39, 0.29) is 30.1 Å². The lowest BCUT2D eigenvalue weighted by molar-refractivity contribution is 0.0527. The van der Waals surface area contributed by atoms with E-state index in [4.69, 9.17) is 9.47 Å². The van der Waals surface area contributed by atoms with Gasteiger partial charge in [0.05, 0.1) is 0 Å². The highest BCUT2D eigenvalue weighted by Gasteiger charge is 2.15. The first-order valence-electron chi connectivity index (χ1n) is 7.87. The summed E-state index contributed by atoms with van der Waals surface area (Å²) in [5.41, 5.74) is -0.466. The molecule has 3 N–H and O–H groups in total. The zero-order valence-electron chi connectivity index (χ0n) is 15.0. The minimum absolute atomic E-state index is 0. The van der Waals surface area contributed by atoms with Crippen LogP contribution in [0.3, 0.4) is 0 Å². The molecule has 23 heavy (non-hydrogen) atoms. The molecule has 0 fully saturated rings. The van der Waals surface area contributed by atoms with E-state index in [0.717, 1.165) is 38.5 Å². The zero-order chi connectivity index (χ0) is 16.8. The molecule has 0 saturated carbocycles. The van der Waals surface area contributed by atoms with Crippen LogP contribution in [0.2, 0.25) is 0 Å². The number of carbonyl (C=O) groups excluding carboxylic acids is 1. The van der Waals surface area contributed by atoms with Gasteiger partial charge in [-0.15, -0.1) is 24.0 Å². The number of alkyl carbamates (subject to hydrolysis) is 1. The fraction of sp³-hybridized carbons (Fsp3) is 0.867. The molecule has 0 rings (SSSR count). The number of methoxy groups -OCH3 is 1. The molecule has 8 heteroatoms. The molecule has 0 aromatic rings. The summed E-state index contributed by atoms with van der Waals surface area (Å²) in [6.07, 6.45) is 1.30. The Hall–Kier alpha value is -0.770. The summed E-state index contributed by atoms with van der Waals surface area (Å²) < 4.78 is 10.2. The molecule has 0 spiro atoms. The van der Waals surface area contributed by atoms with E-state index in [1.807, 2.05) is 27.7 Å². The van der Waals surface area contributed by atoms with Crippen molar-refractivity contribution in [2.45, 2.75) is 46.1 Å². The lowest BCUT2D eigenvalue weighted by atomic mass is 10.2. The maximum Gasteiger partial charge on any atom is 0.407 e. The van der Waals surface area contributed by atoms with Crippen molar-refractivity contribution >= 4 is 36.0 Å². The molecule has 0 radical (unpaired) electrons. The lowest BCUT2D eigenvalue weighted by Crippen LogP contribution is -2.38. The molecule has 0 aromatic carbocycles. The van der Waals surface area contributed by atoms with Gasteiger partial charge in [0.15, 0.2) is 5.96 Å². The number of nitrogens with one attached hydrogen (secondary N) is 3. The molecule has 0 unspecified atom stereocenters. The number of rotatable bonds is 9. The quantitative estimate of drug-likeness (QED) is 0.220. The second-order valence-electron chi connectivity index (χ2n) is 5.82. The molecule has 0 aliphatic rings. The Morgan fingerprint density at radius 1 is 1.09 bits per heavy atom. The Labute approximate surface area is 157 Å². The molecule has 0 atom stereocenters. The molecule has 0 aliphatic carbocycles. The van der Waals surface area contributed by atoms with E-state index in [1.54, 1.807) is 7.11 Å². The van der Waals surface area contributed by atoms with Gasteiger partial charge in [-0.1, -0.05) is 0 Å². The Kier molecular flexibility index (Phi) is 15.8. The molecule has 0 bridgehead atoms. The van der Waals surface area contributed by atoms with E-state index in [2.05, 4.69) is 20.9 Å². The van der Waals surface area contributed by atoms with Crippen LogP contribution in [0.25, 0.3) is 0 Å². The third kappa shape index (κ3) is 17.4. The topological polar surface area (TPSA) is 84.0 Å². The van der Waals surface area contributed by atoms with Crippen molar-refractivity contribution in [2.24, 2.45) is 4.99 Å². The number of ether oxygens (including phenoxy) is 2. The summed E-state index contributed by atoms with van der Waals surface area (Å²) in [6, 6.07) is 0. The van der Waals surface area contributed by atoms with Crippen molar-refractivity contribution in [1.29, 1.82) is 0 Å². The molecule has 0 heterocycles. The number of hydrogen-bond acceptors (Lipinski definition) is 4. The van der Waals surface area contributed by atoms with Gasteiger partial charge in [0.1, 0.15) is 5.60 Å². The molecule has 0 aromatic heterocycles. The van der Waals surface area contributed by atoms with Crippen LogP contribution in [0.5, 0.6) is 0 Å². The second kappa shape index (κ2) is 14.8. The normalized spacial score (nSPS) is 11.4. The first-order chi connectivity index (χ1) is 10.4. The Bertz CT molecular complexity index is 333. The summed E-state index contributed by atoms with van der Waals surface area (Å²) in [5, 5.41) is 9.13. The molecule has 138 valence electrons. The van der Waals surface area contributed by atoms with Crippen LogP contribution in [-0.4, -0.2) is 57.5 Å². The molecule has 0 saturated heterocycles. The first-order valence-corrected chi connectivity index (χ1v) is 7.87. The SMILES string of the molecule is CCNC(=NCCCNC(=O)OC(C)(C)C)NCCCOC.I. The van der Waals surface area contributed by atoms with E-state index in [9.17, 15) is 4.79 Å². The van der Waals surface area contributed by atoms with Gasteiger partial charge in [-0.25, -0.2) is 4.79 Å². The average Bonchev–Trinajstić information content (AvgIpc) is 2.41. The van der Waals surface area contributed by atoms with Gasteiger partial charge in [0, 0.05) is 39.9 Å². The van der Waals surface area contributed by atoms with Crippen molar-refractivity contribution in [3.8, 4) is 0 Å². The van der Waals surface area contributed by atoms with Gasteiger partial charge in [-0.2, -0.15) is 0 Å². The first kappa shape index (κ1) is 24.5. The smallest absolute Gasteiger partial charge is 0.407 e. The highest BCUT2D eigenvalue weighted by Crippen LogP contribution is 2.06. The van der Waals surface area contributed by atoms with Crippen LogP contribution in [-0.2, 0) is 9.47 Å². The van der Waals surface area contributed by atoms with Crippen LogP contribution in [0.15, 0.2) is 4.99 Å². The third-order valence-electron chi connectivity index (χ3n) is 2.43. The van der Waals surface area contributed by atoms with Crippen LogP contribution < -0.4 is 16.0 Å². The fourth-order valence-electron chi connectivity index (χ4n) is 1.54. The second-order valence-corrected chi connectivity index (χ2v) is 5.82. The lowest BCUT2D eigenvalue weighted by Gasteiger charge is -2.19. The highest BCUT2D eigenvalue weighted by atomic mass is 127. The number of carbonyl (C=O) groups is 1. The van der Waals surface area contributed by atoms with Gasteiger partial charge in [-0.05, 0) is 40.5 Å². The van der Waals surface area contributed by atoms with Crippen LogP contribution >= 0.6 is 24.0 Å². The minimum Gasteiger partial charge on any atom is -0.444 e. The molecular weight excluding hydrogens is 411 g/mol. The maximum atomic E-state index is 11.5. The Morgan fingerprint density at radius 3 is 2.30 bits per heavy atom. The van der Waals surface area contributed by atoms with Gasteiger partial charge >= 0.3 is 6.09 Å². The summed E-state index contributed by atoms with van der Waals surface area (Å²) in [6.45, 7) is 11.1. The summed E-state index contributed by atoms with van der Waals surface area (Å²) in [4.78, 5) is 15.9. The van der Waals surface area contributed by atoms with Crippen LogP contribution in [0, 0.1) is 0 Å². The van der Waals surface area contributed by atoms with Crippen molar-refractivity contribution in [3.63, 3.8) is 0 Å². The van der Waals surface area contributed by atoms with E-state index in [1.165, 1.54) is 0 Å². The largest absolute Gasteiger partial charge is 0.444 e. The van der Waals surface area contributed by atoms with Gasteiger partial charge in [0.2, 0.25) is 0 Å². The molecule has 1 amide bonds. The predicted molar refractivity (Wildman–Crippen MR) is 105 cm³/mol. The number of nitrogens with zero attached hydrogens (tertiary/aromatic N) is 1. The number of halogens is 1. The number of guanidine groups is 1. The molecule has 0 aliphatic heterocycles. The average molecular weight is 444 g/mol. The molecular formula is C15H33IN4O3.